The fourth-order valence-corrected chi connectivity index (χ4v) is 8.21. The first kappa shape index (κ1) is 26.9. The van der Waals surface area contributed by atoms with Crippen LogP contribution in [0.2, 0.25) is 0 Å². The zero-order chi connectivity index (χ0) is 26.9. The molecule has 3 fully saturated rings. The summed E-state index contributed by atoms with van der Waals surface area (Å²) in [6, 6.07) is 8.73. The van der Waals surface area contributed by atoms with Gasteiger partial charge in [0.25, 0.3) is 5.91 Å². The van der Waals surface area contributed by atoms with Crippen LogP contribution in [0.25, 0.3) is 0 Å². The maximum absolute atomic E-state index is 12.5. The molecule has 3 saturated carbocycles. The van der Waals surface area contributed by atoms with Crippen molar-refractivity contribution in [1.29, 1.82) is 0 Å². The van der Waals surface area contributed by atoms with Crippen molar-refractivity contribution < 1.29 is 24.3 Å². The number of carbonyl (C=O) groups is 2. The van der Waals surface area contributed by atoms with E-state index in [2.05, 4.69) is 30.4 Å². The summed E-state index contributed by atoms with van der Waals surface area (Å²) in [5, 5.41) is 17.7. The first-order valence-corrected chi connectivity index (χ1v) is 14.2. The van der Waals surface area contributed by atoms with Crippen LogP contribution >= 0.6 is 0 Å². The highest BCUT2D eigenvalue weighted by Gasteiger charge is 2.58. The molecule has 7 nitrogen and oxygen atoms in total. The quantitative estimate of drug-likeness (QED) is 0.404. The predicted octanol–water partition coefficient (Wildman–Crippen LogP) is 4.58. The first-order valence-electron chi connectivity index (χ1n) is 14.2. The summed E-state index contributed by atoms with van der Waals surface area (Å²) in [5.74, 6) is 1.11. The molecule has 38 heavy (non-hydrogen) atoms. The molecule has 0 aliphatic heterocycles. The van der Waals surface area contributed by atoms with E-state index < -0.39 is 17.9 Å². The number of fused-ring (bicyclic) bond motifs is 5. The molecule has 0 heterocycles. The Balaban J connectivity index is 1.18. The van der Waals surface area contributed by atoms with Gasteiger partial charge in [-0.25, -0.2) is 4.79 Å². The Hall–Kier alpha value is -2.67. The second-order valence-corrected chi connectivity index (χ2v) is 12.3. The van der Waals surface area contributed by atoms with Gasteiger partial charge in [-0.3, -0.25) is 4.79 Å². The number of esters is 1. The fraction of sp³-hybridized carbons (Fsp3) is 0.645. The van der Waals surface area contributed by atoms with Crippen LogP contribution in [0, 0.1) is 28.6 Å². The second-order valence-electron chi connectivity index (χ2n) is 12.3. The number of ether oxygens (including phenoxy) is 1. The summed E-state index contributed by atoms with van der Waals surface area (Å²) in [5.41, 5.74) is 3.56. The number of aliphatic hydroxyl groups is 1. The van der Waals surface area contributed by atoms with Gasteiger partial charge < -0.3 is 20.0 Å². The first-order chi connectivity index (χ1) is 18.2. The summed E-state index contributed by atoms with van der Waals surface area (Å²) in [7, 11) is 1.32. The lowest BCUT2D eigenvalue weighted by atomic mass is 9.47. The molecule has 206 valence electrons. The third-order valence-corrected chi connectivity index (χ3v) is 10.4. The van der Waals surface area contributed by atoms with E-state index in [0.29, 0.717) is 24.2 Å². The molecule has 1 amide bonds. The van der Waals surface area contributed by atoms with Crippen molar-refractivity contribution in [1.82, 2.24) is 5.32 Å². The van der Waals surface area contributed by atoms with Crippen LogP contribution < -0.4 is 5.32 Å². The van der Waals surface area contributed by atoms with E-state index in [1.54, 1.807) is 0 Å². The highest BCUT2D eigenvalue weighted by Crippen LogP contribution is 2.65. The zero-order valence-electron chi connectivity index (χ0n) is 22.9. The van der Waals surface area contributed by atoms with Gasteiger partial charge in [-0.05, 0) is 91.6 Å². The number of allylic oxidation sites excluding steroid dienone is 2. The van der Waals surface area contributed by atoms with Crippen molar-refractivity contribution in [2.24, 2.45) is 33.7 Å². The number of carbonyl (C=O) groups excluding carboxylic acids is 2. The topological polar surface area (TPSA) is 97.2 Å². The third-order valence-electron chi connectivity index (χ3n) is 10.4. The van der Waals surface area contributed by atoms with E-state index in [9.17, 15) is 14.7 Å². The smallest absolute Gasteiger partial charge is 0.328 e. The largest absolute Gasteiger partial charge is 0.467 e. The van der Waals surface area contributed by atoms with Crippen molar-refractivity contribution in [2.45, 2.75) is 83.8 Å². The summed E-state index contributed by atoms with van der Waals surface area (Å²) in [4.78, 5) is 30.2. The molecule has 1 aromatic carbocycles. The molecular formula is C31H42N2O5. The highest BCUT2D eigenvalue weighted by atomic mass is 16.6. The monoisotopic (exact) mass is 522 g/mol. The van der Waals surface area contributed by atoms with E-state index in [1.807, 2.05) is 30.3 Å². The Morgan fingerprint density at radius 1 is 1.08 bits per heavy atom. The SMILES string of the molecule is COC(=O)[C@H](Cc1ccccc1)NC(=O)CON=C1C=C2CC[C@@H]3[C@@H](CC[C@]4(C)[C@@H](O)CC[C@@H]34)[C@@]2(C)CC1. The van der Waals surface area contributed by atoms with Crippen molar-refractivity contribution in [3.05, 3.63) is 47.5 Å². The number of nitrogens with one attached hydrogen (secondary N) is 1. The molecule has 4 aliphatic rings. The van der Waals surface area contributed by atoms with E-state index >= 15 is 0 Å². The summed E-state index contributed by atoms with van der Waals surface area (Å²) in [6.07, 6.45) is 11.0. The molecule has 1 aromatic rings. The minimum absolute atomic E-state index is 0.0996. The third kappa shape index (κ3) is 5.02. The Morgan fingerprint density at radius 3 is 2.63 bits per heavy atom. The van der Waals surface area contributed by atoms with Crippen LogP contribution in [-0.4, -0.2) is 48.6 Å². The number of benzene rings is 1. The fourth-order valence-electron chi connectivity index (χ4n) is 8.21. The van der Waals surface area contributed by atoms with Gasteiger partial charge in [-0.2, -0.15) is 0 Å². The molecule has 0 unspecified atom stereocenters. The number of oxime groups is 1. The molecule has 7 heteroatoms. The minimum Gasteiger partial charge on any atom is -0.467 e. The van der Waals surface area contributed by atoms with E-state index in [4.69, 9.17) is 9.57 Å². The average Bonchev–Trinajstić information content (AvgIpc) is 3.22. The molecule has 5 rings (SSSR count). The Morgan fingerprint density at radius 2 is 1.87 bits per heavy atom. The van der Waals surface area contributed by atoms with Crippen LogP contribution in [-0.2, 0) is 25.6 Å². The van der Waals surface area contributed by atoms with Crippen LogP contribution in [0.3, 0.4) is 0 Å². The number of aliphatic hydroxyl groups excluding tert-OH is 1. The van der Waals surface area contributed by atoms with Crippen molar-refractivity contribution >= 4 is 17.6 Å². The molecule has 0 aromatic heterocycles. The van der Waals surface area contributed by atoms with Crippen molar-refractivity contribution in [3.8, 4) is 0 Å². The standard InChI is InChI=1S/C31H42N2O5/c1-30-15-13-22(18-21(30)9-10-23-24-11-12-27(34)31(24,2)16-14-25(23)30)33-38-19-28(35)32-26(29(36)37-3)17-20-7-5-4-6-8-20/h4-8,18,23-27,34H,9-17,19H2,1-3H3,(H,32,35)/t23-,24-,25+,26-,27-,30-,31-/m0/s1. The Labute approximate surface area is 226 Å². The van der Waals surface area contributed by atoms with Gasteiger partial charge in [0.1, 0.15) is 6.04 Å². The van der Waals surface area contributed by atoms with Gasteiger partial charge in [0, 0.05) is 6.42 Å². The maximum atomic E-state index is 12.5. The van der Waals surface area contributed by atoms with Gasteiger partial charge in [-0.15, -0.1) is 0 Å². The average molecular weight is 523 g/mol. The van der Waals surface area contributed by atoms with Crippen LogP contribution in [0.4, 0.5) is 0 Å². The van der Waals surface area contributed by atoms with Crippen molar-refractivity contribution in [2.75, 3.05) is 13.7 Å². The number of methoxy groups -OCH3 is 1. The molecular weight excluding hydrogens is 480 g/mol. The van der Waals surface area contributed by atoms with E-state index in [-0.39, 0.29) is 23.5 Å². The van der Waals surface area contributed by atoms with Gasteiger partial charge >= 0.3 is 5.97 Å². The summed E-state index contributed by atoms with van der Waals surface area (Å²) >= 11 is 0. The van der Waals surface area contributed by atoms with Gasteiger partial charge in [0.05, 0.1) is 18.9 Å². The lowest BCUT2D eigenvalue weighted by Gasteiger charge is -2.57. The van der Waals surface area contributed by atoms with Crippen LogP contribution in [0.5, 0.6) is 0 Å². The molecule has 0 spiro atoms. The van der Waals surface area contributed by atoms with Gasteiger partial charge in [-0.1, -0.05) is 54.9 Å². The van der Waals surface area contributed by atoms with Crippen LogP contribution in [0.15, 0.2) is 47.1 Å². The number of hydrogen-bond acceptors (Lipinski definition) is 6. The summed E-state index contributed by atoms with van der Waals surface area (Å²) in [6.45, 7) is 4.52. The normalized spacial score (nSPS) is 35.8. The molecule has 2 N–H and O–H groups in total. The lowest BCUT2D eigenvalue weighted by Crippen LogP contribution is -2.51. The molecule has 0 saturated heterocycles. The minimum atomic E-state index is -0.780. The highest BCUT2D eigenvalue weighted by molar-refractivity contribution is 5.96. The predicted molar refractivity (Wildman–Crippen MR) is 145 cm³/mol. The lowest BCUT2D eigenvalue weighted by molar-refractivity contribution is -0.145. The van der Waals surface area contributed by atoms with E-state index in [1.165, 1.54) is 31.9 Å². The molecule has 7 atom stereocenters. The molecule has 0 bridgehead atoms. The number of nitrogens with zero attached hydrogens (tertiary/aromatic N) is 1. The molecule has 0 radical (unpaired) electrons. The van der Waals surface area contributed by atoms with Crippen molar-refractivity contribution in [3.63, 3.8) is 0 Å². The number of amides is 1. The Kier molecular flexibility index (Phi) is 7.67. The zero-order valence-corrected chi connectivity index (χ0v) is 22.9. The second kappa shape index (κ2) is 10.8. The number of hydrogen-bond donors (Lipinski definition) is 2. The van der Waals surface area contributed by atoms with E-state index in [0.717, 1.165) is 43.4 Å². The van der Waals surface area contributed by atoms with Gasteiger partial charge in [0.15, 0.2) is 6.61 Å². The Bertz CT molecular complexity index is 1100. The summed E-state index contributed by atoms with van der Waals surface area (Å²) < 4.78 is 4.87. The molecule has 4 aliphatic carbocycles. The van der Waals surface area contributed by atoms with Gasteiger partial charge in [0.2, 0.25) is 0 Å². The van der Waals surface area contributed by atoms with Crippen LogP contribution in [0.1, 0.15) is 70.8 Å². The number of rotatable bonds is 7. The maximum Gasteiger partial charge on any atom is 0.328 e.